The van der Waals surface area contributed by atoms with Crippen LogP contribution in [0.4, 0.5) is 0 Å². The third-order valence-corrected chi connectivity index (χ3v) is 6.19. The fourth-order valence-corrected chi connectivity index (χ4v) is 4.52. The second kappa shape index (κ2) is 8.47. The summed E-state index contributed by atoms with van der Waals surface area (Å²) in [5.74, 6) is 3.22. The first-order valence-electron chi connectivity index (χ1n) is 9.93. The van der Waals surface area contributed by atoms with Crippen LogP contribution in [0.5, 0.6) is 23.0 Å². The maximum Gasteiger partial charge on any atom is 0.266 e. The minimum absolute atomic E-state index is 0.160. The number of benzene rings is 3. The minimum atomic E-state index is -0.160. The molecule has 4 aromatic rings. The fourth-order valence-electron chi connectivity index (χ4n) is 3.57. The van der Waals surface area contributed by atoms with Gasteiger partial charge in [0.25, 0.3) is 5.56 Å². The first kappa shape index (κ1) is 20.3. The van der Waals surface area contributed by atoms with Crippen LogP contribution < -0.4 is 24.5 Å². The van der Waals surface area contributed by atoms with Gasteiger partial charge in [-0.1, -0.05) is 30.0 Å². The van der Waals surface area contributed by atoms with E-state index in [-0.39, 0.29) is 12.4 Å². The van der Waals surface area contributed by atoms with Gasteiger partial charge in [-0.25, -0.2) is 4.98 Å². The Hall–Kier alpha value is -3.65. The van der Waals surface area contributed by atoms with Crippen molar-refractivity contribution in [2.24, 2.45) is 0 Å². The predicted molar refractivity (Wildman–Crippen MR) is 123 cm³/mol. The molecule has 0 unspecified atom stereocenters. The Morgan fingerprint density at radius 3 is 2.69 bits per heavy atom. The lowest BCUT2D eigenvalue weighted by Crippen LogP contribution is -2.22. The van der Waals surface area contributed by atoms with Gasteiger partial charge >= 0.3 is 0 Å². The molecule has 2 heterocycles. The summed E-state index contributed by atoms with van der Waals surface area (Å²) in [4.78, 5) is 18.3. The van der Waals surface area contributed by atoms with Crippen molar-refractivity contribution in [3.63, 3.8) is 0 Å². The Morgan fingerprint density at radius 1 is 1.00 bits per heavy atom. The minimum Gasteiger partial charge on any atom is -0.497 e. The monoisotopic (exact) mass is 448 g/mol. The summed E-state index contributed by atoms with van der Waals surface area (Å²) < 4.78 is 23.3. The molecule has 8 heteroatoms. The van der Waals surface area contributed by atoms with Crippen LogP contribution in [0.3, 0.4) is 0 Å². The van der Waals surface area contributed by atoms with Gasteiger partial charge in [-0.15, -0.1) is 0 Å². The molecule has 32 heavy (non-hydrogen) atoms. The average molecular weight is 449 g/mol. The van der Waals surface area contributed by atoms with Crippen molar-refractivity contribution in [3.8, 4) is 28.7 Å². The summed E-state index contributed by atoms with van der Waals surface area (Å²) in [6.07, 6.45) is 0. The molecule has 0 radical (unpaired) electrons. The zero-order valence-corrected chi connectivity index (χ0v) is 18.3. The van der Waals surface area contributed by atoms with Gasteiger partial charge in [0.1, 0.15) is 11.5 Å². The maximum atomic E-state index is 13.5. The van der Waals surface area contributed by atoms with Crippen LogP contribution >= 0.6 is 11.8 Å². The molecular weight excluding hydrogens is 428 g/mol. The molecule has 162 valence electrons. The van der Waals surface area contributed by atoms with Crippen molar-refractivity contribution in [1.29, 1.82) is 0 Å². The molecular formula is C24H20N2O5S. The molecule has 1 aliphatic heterocycles. The van der Waals surface area contributed by atoms with Crippen molar-refractivity contribution in [2.75, 3.05) is 21.0 Å². The molecule has 0 aliphatic carbocycles. The molecule has 0 spiro atoms. The number of aromatic nitrogens is 2. The van der Waals surface area contributed by atoms with Gasteiger partial charge in [0.15, 0.2) is 16.7 Å². The van der Waals surface area contributed by atoms with E-state index in [1.807, 2.05) is 36.4 Å². The molecule has 0 N–H and O–H groups in total. The van der Waals surface area contributed by atoms with Crippen molar-refractivity contribution in [3.05, 3.63) is 76.6 Å². The van der Waals surface area contributed by atoms with Gasteiger partial charge in [0, 0.05) is 11.8 Å². The lowest BCUT2D eigenvalue weighted by Gasteiger charge is -2.16. The van der Waals surface area contributed by atoms with E-state index < -0.39 is 0 Å². The quantitative estimate of drug-likeness (QED) is 0.319. The van der Waals surface area contributed by atoms with E-state index in [0.717, 1.165) is 17.1 Å². The highest BCUT2D eigenvalue weighted by Crippen LogP contribution is 2.35. The lowest BCUT2D eigenvalue weighted by atomic mass is 10.2. The van der Waals surface area contributed by atoms with Crippen LogP contribution in [0.25, 0.3) is 16.6 Å². The van der Waals surface area contributed by atoms with E-state index >= 15 is 0 Å². The second-order valence-corrected chi connectivity index (χ2v) is 8.01. The molecule has 0 atom stereocenters. The summed E-state index contributed by atoms with van der Waals surface area (Å²) >= 11 is 1.47. The number of hydrogen-bond acceptors (Lipinski definition) is 7. The van der Waals surface area contributed by atoms with Gasteiger partial charge < -0.3 is 18.9 Å². The van der Waals surface area contributed by atoms with Crippen molar-refractivity contribution in [2.45, 2.75) is 10.9 Å². The van der Waals surface area contributed by atoms with E-state index in [4.69, 9.17) is 23.9 Å². The van der Waals surface area contributed by atoms with Crippen LogP contribution in [-0.2, 0) is 5.75 Å². The Balaban J connectivity index is 1.61. The third kappa shape index (κ3) is 3.62. The highest BCUT2D eigenvalue weighted by atomic mass is 32.2. The second-order valence-electron chi connectivity index (χ2n) is 7.07. The van der Waals surface area contributed by atoms with E-state index in [1.165, 1.54) is 11.8 Å². The van der Waals surface area contributed by atoms with Crippen LogP contribution in [0.15, 0.2) is 70.6 Å². The Morgan fingerprint density at radius 2 is 1.84 bits per heavy atom. The van der Waals surface area contributed by atoms with Crippen molar-refractivity contribution >= 4 is 22.7 Å². The number of rotatable bonds is 6. The normalized spacial score (nSPS) is 12.2. The zero-order valence-electron chi connectivity index (χ0n) is 17.5. The smallest absolute Gasteiger partial charge is 0.266 e. The molecule has 0 saturated carbocycles. The van der Waals surface area contributed by atoms with E-state index in [1.54, 1.807) is 43.1 Å². The Bertz CT molecular complexity index is 1370. The number of hydrogen-bond donors (Lipinski definition) is 0. The molecule has 0 fully saturated rings. The molecule has 3 aromatic carbocycles. The first-order chi connectivity index (χ1) is 15.7. The topological polar surface area (TPSA) is 71.8 Å². The fraction of sp³-hybridized carbons (Fsp3) is 0.167. The van der Waals surface area contributed by atoms with Crippen LogP contribution in [0, 0.1) is 0 Å². The molecule has 0 saturated heterocycles. The molecule has 1 aromatic heterocycles. The Labute approximate surface area is 188 Å². The number of nitrogens with zero attached hydrogens (tertiary/aromatic N) is 2. The van der Waals surface area contributed by atoms with Gasteiger partial charge in [0.05, 0.1) is 30.8 Å². The van der Waals surface area contributed by atoms with E-state index in [2.05, 4.69) is 0 Å². The summed E-state index contributed by atoms with van der Waals surface area (Å²) in [5.41, 5.74) is 2.13. The van der Waals surface area contributed by atoms with Crippen molar-refractivity contribution in [1.82, 2.24) is 9.55 Å². The highest BCUT2D eigenvalue weighted by Gasteiger charge is 2.18. The van der Waals surface area contributed by atoms with Gasteiger partial charge in [-0.3, -0.25) is 9.36 Å². The van der Waals surface area contributed by atoms with Crippen LogP contribution in [0.2, 0.25) is 0 Å². The molecule has 7 nitrogen and oxygen atoms in total. The van der Waals surface area contributed by atoms with E-state index in [0.29, 0.717) is 39.0 Å². The number of fused-ring (bicyclic) bond motifs is 2. The van der Waals surface area contributed by atoms with Gasteiger partial charge in [0.2, 0.25) is 6.79 Å². The number of methoxy groups -OCH3 is 2. The van der Waals surface area contributed by atoms with Crippen LogP contribution in [-0.4, -0.2) is 30.6 Å². The number of ether oxygens (including phenoxy) is 4. The highest BCUT2D eigenvalue weighted by molar-refractivity contribution is 7.98. The molecule has 0 bridgehead atoms. The standard InChI is InChI=1S/C24H20N2O5S/c1-28-16-8-9-19(21(12-16)29-2)26-23(27)17-5-3-4-6-18(17)25-24(26)32-13-15-7-10-20-22(11-15)31-14-30-20/h3-12H,13-14H2,1-2H3. The largest absolute Gasteiger partial charge is 0.497 e. The van der Waals surface area contributed by atoms with Crippen molar-refractivity contribution < 1.29 is 18.9 Å². The zero-order chi connectivity index (χ0) is 22.1. The first-order valence-corrected chi connectivity index (χ1v) is 10.9. The average Bonchev–Trinajstić information content (AvgIpc) is 3.30. The lowest BCUT2D eigenvalue weighted by molar-refractivity contribution is 0.174. The number of para-hydroxylation sites is 1. The number of thioether (sulfide) groups is 1. The summed E-state index contributed by atoms with van der Waals surface area (Å²) in [5, 5.41) is 1.10. The maximum absolute atomic E-state index is 13.5. The third-order valence-electron chi connectivity index (χ3n) is 5.18. The SMILES string of the molecule is COc1ccc(-n2c(SCc3ccc4c(c3)OCO4)nc3ccccc3c2=O)c(OC)c1. The van der Waals surface area contributed by atoms with Gasteiger partial charge in [-0.2, -0.15) is 0 Å². The summed E-state index contributed by atoms with van der Waals surface area (Å²) in [7, 11) is 3.15. The molecule has 5 rings (SSSR count). The Kier molecular flexibility index (Phi) is 5.36. The van der Waals surface area contributed by atoms with E-state index in [9.17, 15) is 4.79 Å². The van der Waals surface area contributed by atoms with Gasteiger partial charge in [-0.05, 0) is 42.0 Å². The van der Waals surface area contributed by atoms with Crippen LogP contribution in [0.1, 0.15) is 5.56 Å². The summed E-state index contributed by atoms with van der Waals surface area (Å²) in [6.45, 7) is 0.231. The predicted octanol–water partition coefficient (Wildman–Crippen LogP) is 4.42. The molecule has 1 aliphatic rings. The molecule has 0 amide bonds. The summed E-state index contributed by atoms with van der Waals surface area (Å²) in [6, 6.07) is 18.5.